The molecule has 0 radical (unpaired) electrons. The number of pyridine rings is 1. The van der Waals surface area contributed by atoms with E-state index in [0.717, 1.165) is 24.3 Å². The Morgan fingerprint density at radius 2 is 2.31 bits per heavy atom. The Morgan fingerprint density at radius 3 is 2.94 bits per heavy atom. The summed E-state index contributed by atoms with van der Waals surface area (Å²) >= 11 is 0. The lowest BCUT2D eigenvalue weighted by Gasteiger charge is -2.17. The summed E-state index contributed by atoms with van der Waals surface area (Å²) in [6, 6.07) is 3.86. The van der Waals surface area contributed by atoms with Crippen LogP contribution in [0.2, 0.25) is 0 Å². The van der Waals surface area contributed by atoms with Gasteiger partial charge in [0, 0.05) is 26.3 Å². The zero-order valence-corrected chi connectivity index (χ0v) is 10.2. The third-order valence-electron chi connectivity index (χ3n) is 2.56. The van der Waals surface area contributed by atoms with Crippen LogP contribution in [-0.2, 0) is 11.2 Å². The van der Waals surface area contributed by atoms with E-state index in [1.807, 2.05) is 33.2 Å². The number of amides is 1. The van der Waals surface area contributed by atoms with Crippen molar-refractivity contribution in [2.45, 2.75) is 13.3 Å². The number of hydrogen-bond donors (Lipinski definition) is 1. The van der Waals surface area contributed by atoms with Crippen LogP contribution >= 0.6 is 0 Å². The molecule has 88 valence electrons. The van der Waals surface area contributed by atoms with Crippen LogP contribution in [-0.4, -0.2) is 43.0 Å². The molecule has 1 N–H and O–H groups in total. The van der Waals surface area contributed by atoms with E-state index in [1.54, 1.807) is 11.1 Å². The van der Waals surface area contributed by atoms with Gasteiger partial charge in [0.2, 0.25) is 5.91 Å². The predicted molar refractivity (Wildman–Crippen MR) is 64.2 cm³/mol. The molecular formula is C12H19N3O. The monoisotopic (exact) mass is 221 g/mol. The average molecular weight is 221 g/mol. The lowest BCUT2D eigenvalue weighted by molar-refractivity contribution is -0.129. The highest BCUT2D eigenvalue weighted by molar-refractivity contribution is 5.78. The molecule has 1 amide bonds. The fourth-order valence-electron chi connectivity index (χ4n) is 1.39. The Labute approximate surface area is 96.7 Å². The van der Waals surface area contributed by atoms with Crippen LogP contribution in [0.25, 0.3) is 0 Å². The number of nitrogens with one attached hydrogen (secondary N) is 1. The van der Waals surface area contributed by atoms with Crippen molar-refractivity contribution in [3.05, 3.63) is 29.6 Å². The van der Waals surface area contributed by atoms with Crippen molar-refractivity contribution < 1.29 is 4.79 Å². The molecule has 0 saturated heterocycles. The van der Waals surface area contributed by atoms with Gasteiger partial charge >= 0.3 is 0 Å². The maximum Gasteiger partial charge on any atom is 0.228 e. The molecule has 0 saturated carbocycles. The summed E-state index contributed by atoms with van der Waals surface area (Å²) in [7, 11) is 3.69. The largest absolute Gasteiger partial charge is 0.344 e. The number of carbonyl (C=O) groups excluding carboxylic acids is 1. The number of aromatic nitrogens is 1. The second-order valence-electron chi connectivity index (χ2n) is 3.86. The predicted octanol–water partition coefficient (Wildman–Crippen LogP) is 0.610. The molecule has 0 aromatic carbocycles. The highest BCUT2D eigenvalue weighted by Gasteiger charge is 2.10. The van der Waals surface area contributed by atoms with Crippen LogP contribution in [0.15, 0.2) is 18.3 Å². The van der Waals surface area contributed by atoms with Crippen molar-refractivity contribution in [2.24, 2.45) is 0 Å². The van der Waals surface area contributed by atoms with Crippen LogP contribution in [0.3, 0.4) is 0 Å². The Hall–Kier alpha value is -1.42. The van der Waals surface area contributed by atoms with E-state index in [4.69, 9.17) is 0 Å². The van der Waals surface area contributed by atoms with Gasteiger partial charge in [0.25, 0.3) is 0 Å². The summed E-state index contributed by atoms with van der Waals surface area (Å²) in [5, 5.41) is 3.02. The minimum absolute atomic E-state index is 0.108. The van der Waals surface area contributed by atoms with Crippen LogP contribution in [0, 0.1) is 6.92 Å². The molecule has 0 unspecified atom stereocenters. The van der Waals surface area contributed by atoms with E-state index in [9.17, 15) is 4.79 Å². The lowest BCUT2D eigenvalue weighted by Crippen LogP contribution is -2.34. The molecule has 0 aliphatic carbocycles. The minimum Gasteiger partial charge on any atom is -0.344 e. The molecule has 16 heavy (non-hydrogen) atoms. The Kier molecular flexibility index (Phi) is 4.92. The average Bonchev–Trinajstić information content (AvgIpc) is 2.28. The highest BCUT2D eigenvalue weighted by atomic mass is 16.2. The maximum atomic E-state index is 11.8. The van der Waals surface area contributed by atoms with Gasteiger partial charge < -0.3 is 10.2 Å². The van der Waals surface area contributed by atoms with E-state index >= 15 is 0 Å². The van der Waals surface area contributed by atoms with E-state index in [0.29, 0.717) is 6.42 Å². The number of hydrogen-bond acceptors (Lipinski definition) is 3. The van der Waals surface area contributed by atoms with Gasteiger partial charge in [0.1, 0.15) is 0 Å². The molecular weight excluding hydrogens is 202 g/mol. The first-order valence-electron chi connectivity index (χ1n) is 5.44. The van der Waals surface area contributed by atoms with Crippen LogP contribution in [0.1, 0.15) is 11.3 Å². The van der Waals surface area contributed by atoms with Gasteiger partial charge in [-0.1, -0.05) is 6.07 Å². The first-order valence-corrected chi connectivity index (χ1v) is 5.44. The SMILES string of the molecule is CNCCN(C)C(=O)Cc1ncccc1C. The summed E-state index contributed by atoms with van der Waals surface area (Å²) in [5.74, 6) is 0.108. The molecule has 0 aliphatic heterocycles. The highest BCUT2D eigenvalue weighted by Crippen LogP contribution is 2.05. The summed E-state index contributed by atoms with van der Waals surface area (Å²) in [5.41, 5.74) is 1.93. The number of aryl methyl sites for hydroxylation is 1. The summed E-state index contributed by atoms with van der Waals surface area (Å²) < 4.78 is 0. The van der Waals surface area contributed by atoms with Gasteiger partial charge in [-0.3, -0.25) is 9.78 Å². The van der Waals surface area contributed by atoms with Crippen LogP contribution in [0.4, 0.5) is 0 Å². The molecule has 1 rings (SSSR count). The van der Waals surface area contributed by atoms with Gasteiger partial charge in [-0.2, -0.15) is 0 Å². The number of rotatable bonds is 5. The molecule has 0 fully saturated rings. The summed E-state index contributed by atoms with van der Waals surface area (Å²) in [6.45, 7) is 3.51. The van der Waals surface area contributed by atoms with Crippen molar-refractivity contribution in [2.75, 3.05) is 27.2 Å². The van der Waals surface area contributed by atoms with E-state index in [1.165, 1.54) is 0 Å². The molecule has 0 spiro atoms. The molecule has 1 heterocycles. The molecule has 1 aromatic rings. The standard InChI is InChI=1S/C12H19N3O/c1-10-5-4-6-14-11(10)9-12(16)15(3)8-7-13-2/h4-6,13H,7-9H2,1-3H3. The smallest absolute Gasteiger partial charge is 0.228 e. The van der Waals surface area contributed by atoms with Crippen LogP contribution in [0.5, 0.6) is 0 Å². The maximum absolute atomic E-state index is 11.8. The third-order valence-corrected chi connectivity index (χ3v) is 2.56. The molecule has 0 bridgehead atoms. The zero-order chi connectivity index (χ0) is 12.0. The normalized spacial score (nSPS) is 10.2. The molecule has 4 heteroatoms. The van der Waals surface area contributed by atoms with Crippen molar-refractivity contribution >= 4 is 5.91 Å². The molecule has 1 aromatic heterocycles. The van der Waals surface area contributed by atoms with Gasteiger partial charge in [-0.25, -0.2) is 0 Å². The van der Waals surface area contributed by atoms with E-state index < -0.39 is 0 Å². The molecule has 0 atom stereocenters. The quantitative estimate of drug-likeness (QED) is 0.792. The summed E-state index contributed by atoms with van der Waals surface area (Å²) in [4.78, 5) is 17.8. The number of carbonyl (C=O) groups is 1. The Morgan fingerprint density at radius 1 is 1.56 bits per heavy atom. The van der Waals surface area contributed by atoms with Crippen molar-refractivity contribution in [1.29, 1.82) is 0 Å². The van der Waals surface area contributed by atoms with Crippen LogP contribution < -0.4 is 5.32 Å². The van der Waals surface area contributed by atoms with Crippen molar-refractivity contribution in [3.8, 4) is 0 Å². The topological polar surface area (TPSA) is 45.2 Å². The first kappa shape index (κ1) is 12.6. The van der Waals surface area contributed by atoms with Gasteiger partial charge in [-0.05, 0) is 25.6 Å². The van der Waals surface area contributed by atoms with Gasteiger partial charge in [0.15, 0.2) is 0 Å². The second kappa shape index (κ2) is 6.23. The third kappa shape index (κ3) is 3.62. The fraction of sp³-hybridized carbons (Fsp3) is 0.500. The Balaban J connectivity index is 2.54. The Bertz CT molecular complexity index is 352. The molecule has 0 aliphatic rings. The first-order chi connectivity index (χ1) is 7.65. The zero-order valence-electron chi connectivity index (χ0n) is 10.2. The van der Waals surface area contributed by atoms with Crippen molar-refractivity contribution in [3.63, 3.8) is 0 Å². The van der Waals surface area contributed by atoms with Crippen molar-refractivity contribution in [1.82, 2.24) is 15.2 Å². The van der Waals surface area contributed by atoms with E-state index in [2.05, 4.69) is 10.3 Å². The minimum atomic E-state index is 0.108. The van der Waals surface area contributed by atoms with Gasteiger partial charge in [0.05, 0.1) is 12.1 Å². The second-order valence-corrected chi connectivity index (χ2v) is 3.86. The fourth-order valence-corrected chi connectivity index (χ4v) is 1.39. The van der Waals surface area contributed by atoms with E-state index in [-0.39, 0.29) is 5.91 Å². The lowest BCUT2D eigenvalue weighted by atomic mass is 10.1. The number of nitrogens with zero attached hydrogens (tertiary/aromatic N) is 2. The molecule has 4 nitrogen and oxygen atoms in total. The van der Waals surface area contributed by atoms with Gasteiger partial charge in [-0.15, -0.1) is 0 Å². The number of likely N-dealkylation sites (N-methyl/N-ethyl adjacent to an activating group) is 2. The summed E-state index contributed by atoms with van der Waals surface area (Å²) in [6.07, 6.45) is 2.11.